The van der Waals surface area contributed by atoms with Gasteiger partial charge in [0, 0.05) is 39.8 Å². The first-order chi connectivity index (χ1) is 12.6. The van der Waals surface area contributed by atoms with Gasteiger partial charge < -0.3 is 15.5 Å². The number of anilines is 1. The summed E-state index contributed by atoms with van der Waals surface area (Å²) in [4.78, 5) is 4.21. The molecule has 3 aromatic rings. The van der Waals surface area contributed by atoms with Crippen LogP contribution in [0.15, 0.2) is 36.7 Å². The number of benzene rings is 1. The molecule has 134 valence electrons. The molecule has 1 fully saturated rings. The van der Waals surface area contributed by atoms with Crippen LogP contribution in [0.5, 0.6) is 5.75 Å². The van der Waals surface area contributed by atoms with Crippen molar-refractivity contribution < 1.29 is 10.2 Å². The number of phenolic OH excluding ortho intramolecular Hbond substituents is 1. The van der Waals surface area contributed by atoms with E-state index in [0.717, 1.165) is 30.0 Å². The molecule has 1 aliphatic carbocycles. The van der Waals surface area contributed by atoms with Gasteiger partial charge in [0.15, 0.2) is 5.82 Å². The average molecular weight is 371 g/mol. The van der Waals surface area contributed by atoms with E-state index >= 15 is 0 Å². The summed E-state index contributed by atoms with van der Waals surface area (Å²) in [6.45, 7) is 0. The van der Waals surface area contributed by atoms with E-state index in [1.807, 2.05) is 6.07 Å². The first kappa shape index (κ1) is 17.0. The highest BCUT2D eigenvalue weighted by atomic mass is 35.5. The van der Waals surface area contributed by atoms with Crippen LogP contribution in [0.2, 0.25) is 5.02 Å². The number of aromatic hydroxyl groups is 1. The van der Waals surface area contributed by atoms with Crippen molar-refractivity contribution in [3.8, 4) is 17.0 Å². The van der Waals surface area contributed by atoms with Crippen molar-refractivity contribution in [3.05, 3.63) is 41.7 Å². The molecule has 2 atom stereocenters. The zero-order valence-electron chi connectivity index (χ0n) is 14.1. The number of aromatic nitrogens is 3. The summed E-state index contributed by atoms with van der Waals surface area (Å²) in [6.07, 6.45) is 6.67. The molecule has 0 saturated heterocycles. The highest BCUT2D eigenvalue weighted by Gasteiger charge is 2.22. The molecule has 4 rings (SSSR count). The molecule has 1 saturated carbocycles. The Morgan fingerprint density at radius 3 is 2.81 bits per heavy atom. The van der Waals surface area contributed by atoms with Crippen molar-refractivity contribution in [2.45, 2.75) is 37.8 Å². The predicted molar refractivity (Wildman–Crippen MR) is 101 cm³/mol. The fourth-order valence-electron chi connectivity index (χ4n) is 3.50. The Bertz CT molecular complexity index is 950. The lowest BCUT2D eigenvalue weighted by Crippen LogP contribution is -2.30. The number of fused-ring (bicyclic) bond motifs is 1. The van der Waals surface area contributed by atoms with Crippen molar-refractivity contribution in [3.63, 3.8) is 0 Å². The van der Waals surface area contributed by atoms with Gasteiger partial charge in [0.1, 0.15) is 11.4 Å². The molecule has 2 aromatic heterocycles. The van der Waals surface area contributed by atoms with Crippen LogP contribution in [-0.4, -0.2) is 37.5 Å². The highest BCUT2D eigenvalue weighted by molar-refractivity contribution is 6.30. The molecule has 1 aromatic carbocycles. The monoisotopic (exact) mass is 370 g/mol. The van der Waals surface area contributed by atoms with Crippen molar-refractivity contribution in [1.29, 1.82) is 0 Å². The average Bonchev–Trinajstić information content (AvgIpc) is 2.63. The first-order valence-corrected chi connectivity index (χ1v) is 9.03. The SMILES string of the molecule is Oc1cc(Cl)ccc1-c1nnc(N[C@H]2CCC[C@@H](O)C2)c2cnccc12. The van der Waals surface area contributed by atoms with Crippen LogP contribution in [0.3, 0.4) is 0 Å². The van der Waals surface area contributed by atoms with Gasteiger partial charge in [0.2, 0.25) is 0 Å². The Kier molecular flexibility index (Phi) is 4.61. The number of hydrogen-bond acceptors (Lipinski definition) is 6. The van der Waals surface area contributed by atoms with E-state index in [2.05, 4.69) is 20.5 Å². The summed E-state index contributed by atoms with van der Waals surface area (Å²) in [5.74, 6) is 0.699. The Balaban J connectivity index is 1.76. The second-order valence-corrected chi connectivity index (χ2v) is 7.08. The number of pyridine rings is 1. The molecule has 2 heterocycles. The molecule has 26 heavy (non-hydrogen) atoms. The van der Waals surface area contributed by atoms with Gasteiger partial charge in [-0.15, -0.1) is 10.2 Å². The van der Waals surface area contributed by atoms with Gasteiger partial charge >= 0.3 is 0 Å². The first-order valence-electron chi connectivity index (χ1n) is 8.65. The highest BCUT2D eigenvalue weighted by Crippen LogP contribution is 2.36. The van der Waals surface area contributed by atoms with Gasteiger partial charge in [-0.2, -0.15) is 0 Å². The third-order valence-electron chi connectivity index (χ3n) is 4.78. The number of rotatable bonds is 3. The maximum absolute atomic E-state index is 10.3. The zero-order valence-corrected chi connectivity index (χ0v) is 14.8. The van der Waals surface area contributed by atoms with Gasteiger partial charge in [0.05, 0.1) is 6.10 Å². The lowest BCUT2D eigenvalue weighted by Gasteiger charge is -2.27. The van der Waals surface area contributed by atoms with Gasteiger partial charge in [-0.1, -0.05) is 11.6 Å². The minimum Gasteiger partial charge on any atom is -0.507 e. The lowest BCUT2D eigenvalue weighted by atomic mass is 9.93. The van der Waals surface area contributed by atoms with Gasteiger partial charge in [-0.05, 0) is 49.9 Å². The van der Waals surface area contributed by atoms with Crippen LogP contribution < -0.4 is 5.32 Å². The molecule has 0 bridgehead atoms. The zero-order chi connectivity index (χ0) is 18.1. The largest absolute Gasteiger partial charge is 0.507 e. The van der Waals surface area contributed by atoms with E-state index < -0.39 is 0 Å². The fourth-order valence-corrected chi connectivity index (χ4v) is 3.66. The predicted octanol–water partition coefficient (Wildman–Crippen LogP) is 3.77. The topological polar surface area (TPSA) is 91.2 Å². The van der Waals surface area contributed by atoms with Crippen molar-refractivity contribution >= 4 is 28.2 Å². The third-order valence-corrected chi connectivity index (χ3v) is 5.02. The number of phenols is 1. The molecule has 1 aliphatic rings. The van der Waals surface area contributed by atoms with Gasteiger partial charge in [-0.25, -0.2) is 0 Å². The second-order valence-electron chi connectivity index (χ2n) is 6.64. The van der Waals surface area contributed by atoms with Gasteiger partial charge in [0.25, 0.3) is 0 Å². The summed E-state index contributed by atoms with van der Waals surface area (Å²) in [5, 5.41) is 34.3. The molecule has 6 nitrogen and oxygen atoms in total. The standard InChI is InChI=1S/C19H19ClN4O2/c20-11-4-5-15(17(26)8-11)18-14-6-7-21-10-16(14)19(24-23-18)22-12-2-1-3-13(25)9-12/h4-8,10,12-13,25-26H,1-3,9H2,(H,22,24)/t12-,13+/m0/s1. The van der Waals surface area contributed by atoms with E-state index in [0.29, 0.717) is 28.5 Å². The molecule has 7 heteroatoms. The molecule has 0 radical (unpaired) electrons. The number of halogens is 1. The Morgan fingerprint density at radius 1 is 1.12 bits per heavy atom. The van der Waals surface area contributed by atoms with Crippen LogP contribution in [0.1, 0.15) is 25.7 Å². The van der Waals surface area contributed by atoms with Crippen LogP contribution >= 0.6 is 11.6 Å². The minimum atomic E-state index is -0.274. The van der Waals surface area contributed by atoms with Crippen LogP contribution in [-0.2, 0) is 0 Å². The molecule has 0 amide bonds. The van der Waals surface area contributed by atoms with E-state index in [9.17, 15) is 10.2 Å². The van der Waals surface area contributed by atoms with Crippen molar-refractivity contribution in [1.82, 2.24) is 15.2 Å². The quantitative estimate of drug-likeness (QED) is 0.650. The van der Waals surface area contributed by atoms with E-state index in [-0.39, 0.29) is 17.9 Å². The number of hydrogen-bond donors (Lipinski definition) is 3. The number of nitrogens with one attached hydrogen (secondary N) is 1. The summed E-state index contributed by atoms with van der Waals surface area (Å²) < 4.78 is 0. The third kappa shape index (κ3) is 3.30. The number of nitrogens with zero attached hydrogens (tertiary/aromatic N) is 3. The minimum absolute atomic E-state index is 0.0565. The Morgan fingerprint density at radius 2 is 2.00 bits per heavy atom. The summed E-state index contributed by atoms with van der Waals surface area (Å²) in [5.41, 5.74) is 1.14. The summed E-state index contributed by atoms with van der Waals surface area (Å²) >= 11 is 5.93. The van der Waals surface area contributed by atoms with Crippen LogP contribution in [0, 0.1) is 0 Å². The lowest BCUT2D eigenvalue weighted by molar-refractivity contribution is 0.124. The van der Waals surface area contributed by atoms with Crippen molar-refractivity contribution in [2.24, 2.45) is 0 Å². The molecular weight excluding hydrogens is 352 g/mol. The molecule has 3 N–H and O–H groups in total. The Labute approximate surface area is 155 Å². The Hall–Kier alpha value is -2.44. The van der Waals surface area contributed by atoms with Crippen LogP contribution in [0.25, 0.3) is 22.0 Å². The summed E-state index contributed by atoms with van der Waals surface area (Å²) in [6, 6.07) is 6.94. The smallest absolute Gasteiger partial charge is 0.158 e. The number of aliphatic hydroxyl groups excluding tert-OH is 1. The van der Waals surface area contributed by atoms with E-state index in [1.54, 1.807) is 24.5 Å². The molecule has 0 aliphatic heterocycles. The van der Waals surface area contributed by atoms with E-state index in [1.165, 1.54) is 6.07 Å². The molecule has 0 spiro atoms. The van der Waals surface area contributed by atoms with Gasteiger partial charge in [-0.3, -0.25) is 4.98 Å². The summed E-state index contributed by atoms with van der Waals surface area (Å²) in [7, 11) is 0. The maximum atomic E-state index is 10.3. The van der Waals surface area contributed by atoms with Crippen molar-refractivity contribution in [2.75, 3.05) is 5.32 Å². The van der Waals surface area contributed by atoms with E-state index in [4.69, 9.17) is 11.6 Å². The molecule has 0 unspecified atom stereocenters. The normalized spacial score (nSPS) is 20.2. The van der Waals surface area contributed by atoms with Crippen LogP contribution in [0.4, 0.5) is 5.82 Å². The maximum Gasteiger partial charge on any atom is 0.158 e. The number of aliphatic hydroxyl groups is 1. The fraction of sp³-hybridized carbons (Fsp3) is 0.316. The second kappa shape index (κ2) is 7.05. The molecular formula is C19H19ClN4O2.